The summed E-state index contributed by atoms with van der Waals surface area (Å²) in [5.74, 6) is 0.978. The third kappa shape index (κ3) is 4.63. The lowest BCUT2D eigenvalue weighted by Crippen LogP contribution is -2.26. The van der Waals surface area contributed by atoms with Crippen molar-refractivity contribution in [2.24, 2.45) is 0 Å². The average Bonchev–Trinajstić information content (AvgIpc) is 3.18. The molecule has 2 aromatic heterocycles. The van der Waals surface area contributed by atoms with Gasteiger partial charge in [0.15, 0.2) is 0 Å². The molecule has 0 unspecified atom stereocenters. The average molecular weight is 447 g/mol. The molecule has 0 atom stereocenters. The van der Waals surface area contributed by atoms with Crippen molar-refractivity contribution in [3.63, 3.8) is 0 Å². The standard InChI is InChI=1S/C26H27ClN4O/c1-4-23-25(29(2)16-20-10-13-22(27)14-11-20)31-18-21(12-15-24(31)28-23)26(32)30(3)17-19-8-6-5-7-9-19/h5-15,18H,4,16-17H2,1-3H3. The van der Waals surface area contributed by atoms with E-state index in [2.05, 4.69) is 11.8 Å². The highest BCUT2D eigenvalue weighted by Gasteiger charge is 2.18. The first-order valence-electron chi connectivity index (χ1n) is 10.7. The molecule has 0 fully saturated rings. The third-order valence-electron chi connectivity index (χ3n) is 5.55. The zero-order valence-corrected chi connectivity index (χ0v) is 19.4. The summed E-state index contributed by atoms with van der Waals surface area (Å²) in [7, 11) is 3.88. The van der Waals surface area contributed by atoms with Crippen LogP contribution < -0.4 is 4.90 Å². The largest absolute Gasteiger partial charge is 0.355 e. The molecule has 6 heteroatoms. The fourth-order valence-electron chi connectivity index (χ4n) is 3.94. The fourth-order valence-corrected chi connectivity index (χ4v) is 4.06. The van der Waals surface area contributed by atoms with E-state index in [4.69, 9.17) is 16.6 Å². The Morgan fingerprint density at radius 3 is 2.31 bits per heavy atom. The second-order valence-corrected chi connectivity index (χ2v) is 8.45. The van der Waals surface area contributed by atoms with Crippen molar-refractivity contribution in [3.05, 3.63) is 100 Å². The quantitative estimate of drug-likeness (QED) is 0.378. The van der Waals surface area contributed by atoms with Gasteiger partial charge in [0.25, 0.3) is 5.91 Å². The molecular weight excluding hydrogens is 420 g/mol. The van der Waals surface area contributed by atoms with E-state index < -0.39 is 0 Å². The van der Waals surface area contributed by atoms with E-state index in [1.54, 1.807) is 4.90 Å². The number of halogens is 1. The Hall–Kier alpha value is -3.31. The second-order valence-electron chi connectivity index (χ2n) is 8.01. The lowest BCUT2D eigenvalue weighted by Gasteiger charge is -2.21. The normalized spacial score (nSPS) is 11.0. The van der Waals surface area contributed by atoms with E-state index in [0.717, 1.165) is 39.7 Å². The number of anilines is 1. The Morgan fingerprint density at radius 1 is 0.938 bits per heavy atom. The molecule has 164 valence electrons. The van der Waals surface area contributed by atoms with Crippen LogP contribution in [0.15, 0.2) is 72.9 Å². The van der Waals surface area contributed by atoms with Crippen LogP contribution in [-0.2, 0) is 19.5 Å². The Labute approximate surface area is 193 Å². The SMILES string of the molecule is CCc1nc2ccc(C(=O)N(C)Cc3ccccc3)cn2c1N(C)Cc1ccc(Cl)cc1. The number of rotatable bonds is 7. The monoisotopic (exact) mass is 446 g/mol. The third-order valence-corrected chi connectivity index (χ3v) is 5.80. The molecule has 0 N–H and O–H groups in total. The Balaban J connectivity index is 1.63. The summed E-state index contributed by atoms with van der Waals surface area (Å²) in [4.78, 5) is 21.8. The highest BCUT2D eigenvalue weighted by atomic mass is 35.5. The van der Waals surface area contributed by atoms with Crippen molar-refractivity contribution in [1.82, 2.24) is 14.3 Å². The molecule has 0 radical (unpaired) electrons. The maximum atomic E-state index is 13.1. The van der Waals surface area contributed by atoms with Crippen molar-refractivity contribution < 1.29 is 4.79 Å². The summed E-state index contributed by atoms with van der Waals surface area (Å²) in [6.07, 6.45) is 2.71. The van der Waals surface area contributed by atoms with Gasteiger partial charge in [-0.25, -0.2) is 4.98 Å². The highest BCUT2D eigenvalue weighted by molar-refractivity contribution is 6.30. The van der Waals surface area contributed by atoms with Crippen LogP contribution in [0.1, 0.15) is 34.1 Å². The molecule has 0 aliphatic rings. The summed E-state index contributed by atoms with van der Waals surface area (Å²) in [5.41, 5.74) is 4.73. The molecule has 0 aliphatic carbocycles. The van der Waals surface area contributed by atoms with Gasteiger partial charge in [-0.05, 0) is 41.8 Å². The zero-order chi connectivity index (χ0) is 22.7. The summed E-state index contributed by atoms with van der Waals surface area (Å²) in [6, 6.07) is 21.6. The minimum absolute atomic E-state index is 0.0196. The van der Waals surface area contributed by atoms with E-state index in [-0.39, 0.29) is 5.91 Å². The van der Waals surface area contributed by atoms with Crippen LogP contribution in [0.5, 0.6) is 0 Å². The molecule has 5 nitrogen and oxygen atoms in total. The number of carbonyl (C=O) groups is 1. The van der Waals surface area contributed by atoms with Crippen molar-refractivity contribution >= 4 is 29.0 Å². The van der Waals surface area contributed by atoms with Crippen LogP contribution in [0, 0.1) is 0 Å². The van der Waals surface area contributed by atoms with E-state index >= 15 is 0 Å². The van der Waals surface area contributed by atoms with E-state index in [1.807, 2.05) is 91.4 Å². The van der Waals surface area contributed by atoms with Gasteiger partial charge in [-0.15, -0.1) is 0 Å². The molecule has 0 aliphatic heterocycles. The molecular formula is C26H27ClN4O. The smallest absolute Gasteiger partial charge is 0.255 e. The topological polar surface area (TPSA) is 40.9 Å². The number of nitrogens with zero attached hydrogens (tertiary/aromatic N) is 4. The van der Waals surface area contributed by atoms with Gasteiger partial charge >= 0.3 is 0 Å². The van der Waals surface area contributed by atoms with E-state index in [1.165, 1.54) is 0 Å². The summed E-state index contributed by atoms with van der Waals surface area (Å²) >= 11 is 6.03. The Kier molecular flexibility index (Phi) is 6.47. The number of hydrogen-bond acceptors (Lipinski definition) is 3. The number of aryl methyl sites for hydroxylation is 1. The molecule has 4 aromatic rings. The van der Waals surface area contributed by atoms with Gasteiger partial charge in [0, 0.05) is 38.4 Å². The van der Waals surface area contributed by atoms with Gasteiger partial charge in [0.1, 0.15) is 11.5 Å². The first kappa shape index (κ1) is 21.9. The van der Waals surface area contributed by atoms with Gasteiger partial charge in [0.05, 0.1) is 11.3 Å². The maximum Gasteiger partial charge on any atom is 0.255 e. The van der Waals surface area contributed by atoms with Gasteiger partial charge < -0.3 is 9.80 Å². The number of aromatic nitrogens is 2. The van der Waals surface area contributed by atoms with Gasteiger partial charge in [-0.1, -0.05) is 61.0 Å². The lowest BCUT2D eigenvalue weighted by atomic mass is 10.2. The van der Waals surface area contributed by atoms with Gasteiger partial charge in [-0.2, -0.15) is 0 Å². The Bertz CT molecular complexity index is 1220. The Morgan fingerprint density at radius 2 is 1.62 bits per heavy atom. The molecule has 0 bridgehead atoms. The van der Waals surface area contributed by atoms with Crippen LogP contribution in [-0.4, -0.2) is 34.3 Å². The van der Waals surface area contributed by atoms with Gasteiger partial charge in [0.2, 0.25) is 0 Å². The molecule has 2 heterocycles. The predicted octanol–water partition coefficient (Wildman–Crippen LogP) is 5.46. The number of hydrogen-bond donors (Lipinski definition) is 0. The van der Waals surface area contributed by atoms with Crippen molar-refractivity contribution in [1.29, 1.82) is 0 Å². The maximum absolute atomic E-state index is 13.1. The summed E-state index contributed by atoms with van der Waals surface area (Å²) in [5, 5.41) is 0.725. The molecule has 0 saturated carbocycles. The number of fused-ring (bicyclic) bond motifs is 1. The van der Waals surface area contributed by atoms with Crippen LogP contribution in [0.4, 0.5) is 5.82 Å². The first-order chi connectivity index (χ1) is 15.5. The number of amides is 1. The lowest BCUT2D eigenvalue weighted by molar-refractivity contribution is 0.0784. The molecule has 1 amide bonds. The van der Waals surface area contributed by atoms with Crippen molar-refractivity contribution in [2.75, 3.05) is 19.0 Å². The number of pyridine rings is 1. The summed E-state index contributed by atoms with van der Waals surface area (Å²) in [6.45, 7) is 3.37. The van der Waals surface area contributed by atoms with Gasteiger partial charge in [-0.3, -0.25) is 9.20 Å². The minimum Gasteiger partial charge on any atom is -0.355 e. The van der Waals surface area contributed by atoms with Crippen LogP contribution in [0.25, 0.3) is 5.65 Å². The van der Waals surface area contributed by atoms with Crippen molar-refractivity contribution in [2.45, 2.75) is 26.4 Å². The predicted molar refractivity (Wildman–Crippen MR) is 130 cm³/mol. The molecule has 0 saturated heterocycles. The van der Waals surface area contributed by atoms with Crippen molar-refractivity contribution in [3.8, 4) is 0 Å². The molecule has 2 aromatic carbocycles. The van der Waals surface area contributed by atoms with E-state index in [9.17, 15) is 4.79 Å². The number of carbonyl (C=O) groups excluding carboxylic acids is 1. The molecule has 4 rings (SSSR count). The number of imidazole rings is 1. The first-order valence-corrected chi connectivity index (χ1v) is 11.1. The zero-order valence-electron chi connectivity index (χ0n) is 18.6. The minimum atomic E-state index is -0.0196. The summed E-state index contributed by atoms with van der Waals surface area (Å²) < 4.78 is 2.03. The van der Waals surface area contributed by atoms with Crippen LogP contribution in [0.3, 0.4) is 0 Å². The fraction of sp³-hybridized carbons (Fsp3) is 0.231. The number of benzene rings is 2. The van der Waals surface area contributed by atoms with Crippen LogP contribution in [0.2, 0.25) is 5.02 Å². The highest BCUT2D eigenvalue weighted by Crippen LogP contribution is 2.25. The molecule has 0 spiro atoms. The second kappa shape index (κ2) is 9.45. The van der Waals surface area contributed by atoms with Crippen LogP contribution >= 0.6 is 11.6 Å². The molecule has 32 heavy (non-hydrogen) atoms. The van der Waals surface area contributed by atoms with E-state index in [0.29, 0.717) is 18.7 Å².